The minimum absolute atomic E-state index is 0.102. The Balaban J connectivity index is 2.82. The largest absolute Gasteiger partial charge is 0.324 e. The summed E-state index contributed by atoms with van der Waals surface area (Å²) in [4.78, 5) is 11.3. The van der Waals surface area contributed by atoms with E-state index in [9.17, 15) is 4.79 Å². The molecule has 76 valence electrons. The number of benzene rings is 1. The van der Waals surface area contributed by atoms with Crippen LogP contribution in [0.15, 0.2) is 22.7 Å². The quantitative estimate of drug-likeness (QED) is 0.593. The van der Waals surface area contributed by atoms with E-state index in [1.54, 1.807) is 6.92 Å². The number of halogens is 2. The fourth-order valence-electron chi connectivity index (χ4n) is 0.828. The van der Waals surface area contributed by atoms with Crippen LogP contribution in [0, 0.1) is 3.57 Å². The smallest absolute Gasteiger partial charge is 0.236 e. The average Bonchev–Trinajstić information content (AvgIpc) is 2.09. The Morgan fingerprint density at radius 1 is 1.64 bits per heavy atom. The minimum Gasteiger partial charge on any atom is -0.324 e. The Labute approximate surface area is 111 Å². The van der Waals surface area contributed by atoms with Gasteiger partial charge in [-0.15, -0.1) is 0 Å². The highest BCUT2D eigenvalue weighted by Crippen LogP contribution is 2.24. The van der Waals surface area contributed by atoms with Gasteiger partial charge in [0.05, 0.1) is 10.9 Å². The van der Waals surface area contributed by atoms with Crippen molar-refractivity contribution in [3.05, 3.63) is 26.2 Å². The maximum Gasteiger partial charge on any atom is 0.236 e. The minimum atomic E-state index is -0.304. The van der Waals surface area contributed by atoms with Crippen LogP contribution >= 0.6 is 51.1 Å². The molecule has 0 radical (unpaired) electrons. The van der Waals surface area contributed by atoms with Crippen LogP contribution in [0.2, 0.25) is 0 Å². The highest BCUT2D eigenvalue weighted by molar-refractivity contribution is 14.1. The number of hydrogen-bond donors (Lipinski definition) is 2. The second kappa shape index (κ2) is 5.37. The molecule has 2 nitrogen and oxygen atoms in total. The van der Waals surface area contributed by atoms with Gasteiger partial charge in [0.15, 0.2) is 0 Å². The van der Waals surface area contributed by atoms with Gasteiger partial charge in [0.1, 0.15) is 0 Å². The van der Waals surface area contributed by atoms with Crippen LogP contribution in [0.1, 0.15) is 6.92 Å². The lowest BCUT2D eigenvalue weighted by molar-refractivity contribution is -0.115. The number of hydrogen-bond acceptors (Lipinski definition) is 2. The van der Waals surface area contributed by atoms with Crippen molar-refractivity contribution in [2.45, 2.75) is 12.2 Å². The molecule has 1 unspecified atom stereocenters. The van der Waals surface area contributed by atoms with Crippen molar-refractivity contribution in [2.75, 3.05) is 5.32 Å². The first kappa shape index (κ1) is 12.3. The zero-order valence-corrected chi connectivity index (χ0v) is 12.1. The first-order valence-electron chi connectivity index (χ1n) is 3.94. The molecule has 0 bridgehead atoms. The van der Waals surface area contributed by atoms with Crippen LogP contribution in [0.3, 0.4) is 0 Å². The zero-order valence-electron chi connectivity index (χ0n) is 7.42. The summed E-state index contributed by atoms with van der Waals surface area (Å²) >= 11 is 9.64. The van der Waals surface area contributed by atoms with Crippen LogP contribution in [0.4, 0.5) is 5.69 Å². The van der Waals surface area contributed by atoms with E-state index in [0.717, 1.165) is 13.7 Å². The summed E-state index contributed by atoms with van der Waals surface area (Å²) < 4.78 is 2.00. The summed E-state index contributed by atoms with van der Waals surface area (Å²) in [5.74, 6) is -0.102. The monoisotopic (exact) mass is 385 g/mol. The van der Waals surface area contributed by atoms with Crippen LogP contribution < -0.4 is 5.32 Å². The van der Waals surface area contributed by atoms with Gasteiger partial charge in [-0.3, -0.25) is 4.79 Å². The number of rotatable bonds is 2. The predicted octanol–water partition coefficient (Wildman–Crippen LogP) is 3.31. The van der Waals surface area contributed by atoms with Gasteiger partial charge in [-0.05, 0) is 63.6 Å². The molecule has 0 fully saturated rings. The molecule has 0 saturated heterocycles. The standard InChI is InChI=1S/C9H9BrINOS/c1-5(14)9(13)12-8-3-2-6(11)4-7(8)10/h2-5,14H,1H3,(H,12,13). The maximum absolute atomic E-state index is 11.3. The van der Waals surface area contributed by atoms with Gasteiger partial charge in [0.25, 0.3) is 0 Å². The number of anilines is 1. The van der Waals surface area contributed by atoms with E-state index in [0.29, 0.717) is 0 Å². The molecule has 0 aliphatic carbocycles. The summed E-state index contributed by atoms with van der Waals surface area (Å²) in [6, 6.07) is 5.74. The Morgan fingerprint density at radius 3 is 2.79 bits per heavy atom. The van der Waals surface area contributed by atoms with Crippen LogP contribution in [0.5, 0.6) is 0 Å². The van der Waals surface area contributed by atoms with E-state index in [2.05, 4.69) is 56.5 Å². The van der Waals surface area contributed by atoms with E-state index in [-0.39, 0.29) is 11.2 Å². The highest BCUT2D eigenvalue weighted by Gasteiger charge is 2.09. The lowest BCUT2D eigenvalue weighted by Gasteiger charge is -2.09. The molecule has 5 heteroatoms. The molecule has 0 aliphatic heterocycles. The molecule has 1 rings (SSSR count). The third-order valence-electron chi connectivity index (χ3n) is 1.57. The molecule has 1 aromatic carbocycles. The number of carbonyl (C=O) groups is 1. The SMILES string of the molecule is CC(S)C(=O)Nc1ccc(I)cc1Br. The molecule has 0 aromatic heterocycles. The lowest BCUT2D eigenvalue weighted by Crippen LogP contribution is -2.20. The van der Waals surface area contributed by atoms with Gasteiger partial charge >= 0.3 is 0 Å². The fourth-order valence-corrected chi connectivity index (χ4v) is 2.29. The number of amides is 1. The van der Waals surface area contributed by atoms with E-state index in [1.165, 1.54) is 0 Å². The Kier molecular flexibility index (Phi) is 4.72. The normalized spacial score (nSPS) is 12.3. The molecular weight excluding hydrogens is 377 g/mol. The second-order valence-corrected chi connectivity index (χ2v) is 5.66. The Bertz CT molecular complexity index is 357. The number of nitrogens with one attached hydrogen (secondary N) is 1. The molecule has 1 N–H and O–H groups in total. The molecule has 0 saturated carbocycles. The summed E-state index contributed by atoms with van der Waals surface area (Å²) in [5, 5.41) is 2.47. The first-order valence-corrected chi connectivity index (χ1v) is 6.33. The van der Waals surface area contributed by atoms with E-state index >= 15 is 0 Å². The van der Waals surface area contributed by atoms with E-state index in [1.807, 2.05) is 18.2 Å². The molecular formula is C9H9BrINOS. The Morgan fingerprint density at radius 2 is 2.29 bits per heavy atom. The van der Waals surface area contributed by atoms with Crippen molar-refractivity contribution < 1.29 is 4.79 Å². The number of carbonyl (C=O) groups excluding carboxylic acids is 1. The van der Waals surface area contributed by atoms with Crippen molar-refractivity contribution in [2.24, 2.45) is 0 Å². The van der Waals surface area contributed by atoms with Gasteiger partial charge in [-0.25, -0.2) is 0 Å². The third kappa shape index (κ3) is 3.43. The summed E-state index contributed by atoms with van der Waals surface area (Å²) in [5.41, 5.74) is 0.774. The van der Waals surface area contributed by atoms with Gasteiger partial charge in [-0.1, -0.05) is 0 Å². The van der Waals surface area contributed by atoms with Gasteiger partial charge < -0.3 is 5.32 Å². The predicted molar refractivity (Wildman–Crippen MR) is 73.9 cm³/mol. The molecule has 0 heterocycles. The summed E-state index contributed by atoms with van der Waals surface area (Å²) in [6.07, 6.45) is 0. The number of thiol groups is 1. The Hall–Kier alpha value is 0.250. The zero-order chi connectivity index (χ0) is 10.7. The fraction of sp³-hybridized carbons (Fsp3) is 0.222. The maximum atomic E-state index is 11.3. The molecule has 0 aliphatic rings. The third-order valence-corrected chi connectivity index (χ3v) is 3.13. The molecule has 14 heavy (non-hydrogen) atoms. The van der Waals surface area contributed by atoms with E-state index < -0.39 is 0 Å². The van der Waals surface area contributed by atoms with Crippen molar-refractivity contribution in [1.82, 2.24) is 0 Å². The topological polar surface area (TPSA) is 29.1 Å². The second-order valence-electron chi connectivity index (χ2n) is 2.79. The van der Waals surface area contributed by atoms with Crippen molar-refractivity contribution >= 4 is 62.7 Å². The first-order chi connectivity index (χ1) is 6.50. The highest BCUT2D eigenvalue weighted by atomic mass is 127. The molecule has 0 spiro atoms. The van der Waals surface area contributed by atoms with Gasteiger partial charge in [-0.2, -0.15) is 12.6 Å². The average molecular weight is 386 g/mol. The lowest BCUT2D eigenvalue weighted by atomic mass is 10.3. The molecule has 1 atom stereocenters. The van der Waals surface area contributed by atoms with Crippen LogP contribution in [-0.4, -0.2) is 11.2 Å². The van der Waals surface area contributed by atoms with Gasteiger partial charge in [0, 0.05) is 8.04 Å². The van der Waals surface area contributed by atoms with Crippen LogP contribution in [0.25, 0.3) is 0 Å². The van der Waals surface area contributed by atoms with Crippen molar-refractivity contribution in [3.63, 3.8) is 0 Å². The van der Waals surface area contributed by atoms with E-state index in [4.69, 9.17) is 0 Å². The van der Waals surface area contributed by atoms with Crippen LogP contribution in [-0.2, 0) is 4.79 Å². The van der Waals surface area contributed by atoms with Crippen molar-refractivity contribution in [3.8, 4) is 0 Å². The van der Waals surface area contributed by atoms with Gasteiger partial charge in [0.2, 0.25) is 5.91 Å². The summed E-state index contributed by atoms with van der Waals surface area (Å²) in [7, 11) is 0. The van der Waals surface area contributed by atoms with Crippen molar-refractivity contribution in [1.29, 1.82) is 0 Å². The summed E-state index contributed by atoms with van der Waals surface area (Å²) in [6.45, 7) is 1.74. The molecule has 1 aromatic rings. The molecule has 1 amide bonds.